The fraction of sp³-hybridized carbons (Fsp3) is 0.720. The highest BCUT2D eigenvalue weighted by Crippen LogP contribution is 2.31. The van der Waals surface area contributed by atoms with E-state index in [-0.39, 0.29) is 11.2 Å². The molecule has 0 atom stereocenters. The number of aromatic nitrogens is 2. The summed E-state index contributed by atoms with van der Waals surface area (Å²) in [6.07, 6.45) is 5.72. The van der Waals surface area contributed by atoms with E-state index in [1.165, 1.54) is 23.6 Å². The summed E-state index contributed by atoms with van der Waals surface area (Å²) in [4.78, 5) is 7.27. The predicted molar refractivity (Wildman–Crippen MR) is 134 cm³/mol. The summed E-state index contributed by atoms with van der Waals surface area (Å²) in [6.45, 7) is 11.8. The van der Waals surface area contributed by atoms with Crippen molar-refractivity contribution >= 4 is 26.7 Å². The summed E-state index contributed by atoms with van der Waals surface area (Å²) in [5.41, 5.74) is 2.52. The Bertz CT molecular complexity index is 1050. The number of hydrogen-bond acceptors (Lipinski definition) is 5. The van der Waals surface area contributed by atoms with Crippen molar-refractivity contribution in [3.8, 4) is 0 Å². The van der Waals surface area contributed by atoms with Gasteiger partial charge in [0.2, 0.25) is 10.0 Å². The first-order valence-electron chi connectivity index (χ1n) is 12.4. The van der Waals surface area contributed by atoms with Crippen molar-refractivity contribution in [2.45, 2.75) is 64.8 Å². The summed E-state index contributed by atoms with van der Waals surface area (Å²) >= 11 is 0. The number of rotatable bonds is 7. The maximum atomic E-state index is 13.1. The van der Waals surface area contributed by atoms with Gasteiger partial charge in [-0.1, -0.05) is 27.2 Å². The number of hydrogen-bond donors (Lipinski definition) is 0. The molecule has 0 amide bonds. The fourth-order valence-corrected chi connectivity index (χ4v) is 6.18. The van der Waals surface area contributed by atoms with Gasteiger partial charge in [-0.2, -0.15) is 0 Å². The van der Waals surface area contributed by atoms with Crippen LogP contribution in [-0.4, -0.2) is 68.5 Å². The molecule has 2 aliphatic heterocycles. The highest BCUT2D eigenvalue weighted by atomic mass is 32.2. The van der Waals surface area contributed by atoms with Crippen molar-refractivity contribution in [2.24, 2.45) is 5.92 Å². The number of nitrogens with zero attached hydrogens (tertiary/aromatic N) is 4. The van der Waals surface area contributed by atoms with Gasteiger partial charge in [0.15, 0.2) is 0 Å². The number of sulfonamides is 1. The van der Waals surface area contributed by atoms with Gasteiger partial charge in [-0.15, -0.1) is 0 Å². The molecule has 1 aromatic carbocycles. The Balaban J connectivity index is 1.57. The predicted octanol–water partition coefficient (Wildman–Crippen LogP) is 4.01. The molecule has 2 aliphatic rings. The number of ether oxygens (including phenoxy) is 1. The Morgan fingerprint density at radius 3 is 2.48 bits per heavy atom. The van der Waals surface area contributed by atoms with Gasteiger partial charge in [0, 0.05) is 38.8 Å². The number of likely N-dealkylation sites (tertiary alicyclic amines) is 1. The van der Waals surface area contributed by atoms with Crippen LogP contribution in [0.4, 0.5) is 5.69 Å². The van der Waals surface area contributed by atoms with E-state index in [1.807, 2.05) is 18.2 Å². The van der Waals surface area contributed by atoms with Crippen LogP contribution < -0.4 is 4.31 Å². The lowest BCUT2D eigenvalue weighted by Crippen LogP contribution is -2.38. The molecule has 184 valence electrons. The Kier molecular flexibility index (Phi) is 7.36. The molecule has 0 unspecified atom stereocenters. The third-order valence-corrected chi connectivity index (χ3v) is 8.82. The van der Waals surface area contributed by atoms with E-state index in [4.69, 9.17) is 9.72 Å². The highest BCUT2D eigenvalue weighted by Gasteiger charge is 2.27. The number of benzene rings is 1. The number of anilines is 1. The van der Waals surface area contributed by atoms with Crippen molar-refractivity contribution in [3.05, 3.63) is 24.0 Å². The van der Waals surface area contributed by atoms with Crippen LogP contribution in [0.25, 0.3) is 11.0 Å². The lowest BCUT2D eigenvalue weighted by Gasteiger charge is -2.27. The number of fused-ring (bicyclic) bond motifs is 1. The van der Waals surface area contributed by atoms with Crippen molar-refractivity contribution in [1.29, 1.82) is 0 Å². The molecular weight excluding hydrogens is 436 g/mol. The molecule has 3 heterocycles. The minimum absolute atomic E-state index is 0.100. The van der Waals surface area contributed by atoms with Crippen molar-refractivity contribution < 1.29 is 13.2 Å². The second-order valence-electron chi connectivity index (χ2n) is 10.7. The Labute approximate surface area is 199 Å². The SMILES string of the molecule is CN(c1ccc2c(c1)nc(C(C)(C)C)n2CC1CCOCC1)S(=O)(=O)CCN1CCCCC1. The summed E-state index contributed by atoms with van der Waals surface area (Å²) < 4.78 is 35.5. The third-order valence-electron chi connectivity index (χ3n) is 7.08. The van der Waals surface area contributed by atoms with E-state index in [9.17, 15) is 8.42 Å². The second-order valence-corrected chi connectivity index (χ2v) is 12.8. The van der Waals surface area contributed by atoms with Crippen LogP contribution in [0.5, 0.6) is 0 Å². The zero-order valence-corrected chi connectivity index (χ0v) is 21.5. The quantitative estimate of drug-likeness (QED) is 0.604. The van der Waals surface area contributed by atoms with Gasteiger partial charge in [-0.3, -0.25) is 4.31 Å². The largest absolute Gasteiger partial charge is 0.381 e. The standard InChI is InChI=1S/C25H40N4O3S/c1-25(2,3)24-26-22-18-21(8-9-23(22)29(24)19-20-10-15-32-16-11-20)27(4)33(30,31)17-14-28-12-6-5-7-13-28/h8-9,18,20H,5-7,10-17,19H2,1-4H3. The molecule has 0 saturated carbocycles. The van der Waals surface area contributed by atoms with Gasteiger partial charge in [0.1, 0.15) is 5.82 Å². The molecule has 1 aromatic heterocycles. The van der Waals surface area contributed by atoms with Crippen LogP contribution in [0.15, 0.2) is 18.2 Å². The molecule has 2 aromatic rings. The average molecular weight is 477 g/mol. The Hall–Kier alpha value is -1.64. The first-order chi connectivity index (χ1) is 15.6. The maximum Gasteiger partial charge on any atom is 0.236 e. The van der Waals surface area contributed by atoms with Gasteiger partial charge < -0.3 is 14.2 Å². The maximum absolute atomic E-state index is 13.1. The van der Waals surface area contributed by atoms with E-state index >= 15 is 0 Å². The van der Waals surface area contributed by atoms with Crippen molar-refractivity contribution in [2.75, 3.05) is 50.0 Å². The first kappa shape index (κ1) is 24.5. The van der Waals surface area contributed by atoms with Crippen LogP contribution in [0, 0.1) is 5.92 Å². The smallest absolute Gasteiger partial charge is 0.236 e. The number of piperidine rings is 1. The Morgan fingerprint density at radius 1 is 1.12 bits per heavy atom. The Morgan fingerprint density at radius 2 is 1.82 bits per heavy atom. The molecular formula is C25H40N4O3S. The van der Waals surface area contributed by atoms with Gasteiger partial charge in [-0.25, -0.2) is 13.4 Å². The van der Waals surface area contributed by atoms with Crippen molar-refractivity contribution in [3.63, 3.8) is 0 Å². The normalized spacial score (nSPS) is 19.3. The minimum Gasteiger partial charge on any atom is -0.381 e. The van der Waals surface area contributed by atoms with Gasteiger partial charge >= 0.3 is 0 Å². The molecule has 8 heteroatoms. The van der Waals surface area contributed by atoms with Gasteiger partial charge in [0.25, 0.3) is 0 Å². The zero-order chi connectivity index (χ0) is 23.6. The molecule has 2 saturated heterocycles. The second kappa shape index (κ2) is 9.92. The molecule has 4 rings (SSSR count). The lowest BCUT2D eigenvalue weighted by atomic mass is 9.94. The third kappa shape index (κ3) is 5.72. The minimum atomic E-state index is -3.39. The van der Waals surface area contributed by atoms with Crippen LogP contribution in [0.1, 0.15) is 58.7 Å². The van der Waals surface area contributed by atoms with E-state index in [1.54, 1.807) is 7.05 Å². The van der Waals surface area contributed by atoms with Crippen LogP contribution in [0.2, 0.25) is 0 Å². The van der Waals surface area contributed by atoms with E-state index in [0.717, 1.165) is 62.5 Å². The van der Waals surface area contributed by atoms with Crippen molar-refractivity contribution in [1.82, 2.24) is 14.5 Å². The molecule has 0 N–H and O–H groups in total. The van der Waals surface area contributed by atoms with Crippen LogP contribution in [0.3, 0.4) is 0 Å². The summed E-state index contributed by atoms with van der Waals surface area (Å²) in [7, 11) is -1.73. The average Bonchev–Trinajstić information content (AvgIpc) is 3.17. The molecule has 7 nitrogen and oxygen atoms in total. The first-order valence-corrected chi connectivity index (χ1v) is 14.0. The highest BCUT2D eigenvalue weighted by molar-refractivity contribution is 7.92. The van der Waals surface area contributed by atoms with E-state index < -0.39 is 10.0 Å². The van der Waals surface area contributed by atoms with Crippen LogP contribution >= 0.6 is 0 Å². The molecule has 33 heavy (non-hydrogen) atoms. The molecule has 0 bridgehead atoms. The molecule has 0 spiro atoms. The topological polar surface area (TPSA) is 67.7 Å². The summed E-state index contributed by atoms with van der Waals surface area (Å²) in [5.74, 6) is 1.78. The number of imidazole rings is 1. The summed E-state index contributed by atoms with van der Waals surface area (Å²) in [5, 5.41) is 0. The molecule has 2 fully saturated rings. The van der Waals surface area contributed by atoms with E-state index in [0.29, 0.717) is 18.2 Å². The monoisotopic (exact) mass is 476 g/mol. The fourth-order valence-electron chi connectivity index (χ4n) is 4.98. The zero-order valence-electron chi connectivity index (χ0n) is 20.7. The molecule has 0 radical (unpaired) electrons. The lowest BCUT2D eigenvalue weighted by molar-refractivity contribution is 0.0611. The van der Waals surface area contributed by atoms with Gasteiger partial charge in [-0.05, 0) is 62.9 Å². The van der Waals surface area contributed by atoms with Crippen LogP contribution in [-0.2, 0) is 26.7 Å². The van der Waals surface area contributed by atoms with E-state index in [2.05, 4.69) is 30.2 Å². The van der Waals surface area contributed by atoms with Gasteiger partial charge in [0.05, 0.1) is 22.5 Å². The summed E-state index contributed by atoms with van der Waals surface area (Å²) in [6, 6.07) is 5.90. The molecule has 0 aliphatic carbocycles.